The van der Waals surface area contributed by atoms with Gasteiger partial charge in [0.25, 0.3) is 0 Å². The summed E-state index contributed by atoms with van der Waals surface area (Å²) in [6.07, 6.45) is -1.18. The minimum Gasteiger partial charge on any atom is -0.305 e. The summed E-state index contributed by atoms with van der Waals surface area (Å²) < 4.78 is 40.6. The molecule has 1 aliphatic rings. The maximum Gasteiger partial charge on any atom is 0.417 e. The summed E-state index contributed by atoms with van der Waals surface area (Å²) in [4.78, 5) is 13.0. The van der Waals surface area contributed by atoms with E-state index in [1.165, 1.54) is 12.1 Å². The molecule has 0 radical (unpaired) electrons. The van der Waals surface area contributed by atoms with Crippen LogP contribution < -0.4 is 9.80 Å². The lowest BCUT2D eigenvalue weighted by Gasteiger charge is -2.22. The first-order valence-corrected chi connectivity index (χ1v) is 9.70. The number of halogens is 3. The topological polar surface area (TPSA) is 32.3 Å². The fourth-order valence-corrected chi connectivity index (χ4v) is 3.82. The summed E-state index contributed by atoms with van der Waals surface area (Å²) in [7, 11) is 0. The van der Waals surface area contributed by atoms with E-state index in [-0.39, 0.29) is 5.56 Å². The number of anilines is 4. The van der Waals surface area contributed by atoms with Crippen LogP contribution in [0.5, 0.6) is 0 Å². The van der Waals surface area contributed by atoms with Crippen molar-refractivity contribution in [3.8, 4) is 11.1 Å². The van der Waals surface area contributed by atoms with E-state index >= 15 is 0 Å². The Labute approximate surface area is 177 Å². The largest absolute Gasteiger partial charge is 0.417 e. The fourth-order valence-electron chi connectivity index (χ4n) is 3.82. The lowest BCUT2D eigenvalue weighted by molar-refractivity contribution is -0.137. The van der Waals surface area contributed by atoms with E-state index in [4.69, 9.17) is 0 Å². The fraction of sp³-hybridized carbons (Fsp3) is 0.0833. The molecule has 4 nitrogen and oxygen atoms in total. The molecule has 0 atom stereocenters. The number of fused-ring (bicyclic) bond motifs is 1. The van der Waals surface area contributed by atoms with Crippen LogP contribution in [0.1, 0.15) is 5.56 Å². The van der Waals surface area contributed by atoms with E-state index in [9.17, 15) is 13.2 Å². The predicted molar refractivity (Wildman–Crippen MR) is 114 cm³/mol. The second-order valence-electron chi connectivity index (χ2n) is 7.13. The van der Waals surface area contributed by atoms with Crippen LogP contribution in [0.25, 0.3) is 11.1 Å². The van der Waals surface area contributed by atoms with Gasteiger partial charge in [-0.2, -0.15) is 13.2 Å². The number of para-hydroxylation sites is 1. The molecule has 1 aliphatic heterocycles. The van der Waals surface area contributed by atoms with E-state index in [1.807, 2.05) is 46.2 Å². The third kappa shape index (κ3) is 3.48. The molecule has 0 amide bonds. The number of aromatic nitrogens is 2. The average molecular weight is 418 g/mol. The molecule has 154 valence electrons. The van der Waals surface area contributed by atoms with Gasteiger partial charge in [-0.15, -0.1) is 0 Å². The van der Waals surface area contributed by atoms with Crippen molar-refractivity contribution in [2.24, 2.45) is 0 Å². The molecule has 4 aromatic rings. The molecule has 0 fully saturated rings. The molecule has 1 aromatic heterocycles. The van der Waals surface area contributed by atoms with Crippen molar-refractivity contribution in [1.29, 1.82) is 0 Å². The van der Waals surface area contributed by atoms with Crippen LogP contribution >= 0.6 is 0 Å². The van der Waals surface area contributed by atoms with Crippen LogP contribution in [0.4, 0.5) is 36.2 Å². The van der Waals surface area contributed by atoms with E-state index in [2.05, 4.69) is 9.97 Å². The van der Waals surface area contributed by atoms with E-state index < -0.39 is 11.7 Å². The number of rotatable bonds is 3. The van der Waals surface area contributed by atoms with Gasteiger partial charge in [-0.3, -0.25) is 0 Å². The Morgan fingerprint density at radius 2 is 1.29 bits per heavy atom. The molecular formula is C24H17F3N4. The van der Waals surface area contributed by atoms with Gasteiger partial charge in [-0.05, 0) is 41.5 Å². The predicted octanol–water partition coefficient (Wildman–Crippen LogP) is 6.41. The quantitative estimate of drug-likeness (QED) is 0.385. The molecule has 0 aliphatic carbocycles. The molecule has 0 saturated carbocycles. The first-order valence-electron chi connectivity index (χ1n) is 9.70. The summed E-state index contributed by atoms with van der Waals surface area (Å²) in [5.74, 6) is 1.36. The van der Waals surface area contributed by atoms with Crippen LogP contribution in [-0.2, 0) is 6.18 Å². The van der Waals surface area contributed by atoms with Crippen molar-refractivity contribution < 1.29 is 13.2 Å². The molecule has 3 aromatic carbocycles. The van der Waals surface area contributed by atoms with Gasteiger partial charge in [0, 0.05) is 23.8 Å². The highest BCUT2D eigenvalue weighted by Crippen LogP contribution is 2.43. The first kappa shape index (κ1) is 19.1. The summed E-state index contributed by atoms with van der Waals surface area (Å²) in [5, 5.41) is 0. The summed E-state index contributed by atoms with van der Waals surface area (Å²) in [5.41, 5.74) is 1.70. The molecule has 31 heavy (non-hydrogen) atoms. The number of hydrogen-bond donors (Lipinski definition) is 0. The first-order chi connectivity index (χ1) is 15.0. The van der Waals surface area contributed by atoms with Crippen molar-refractivity contribution in [2.45, 2.75) is 6.18 Å². The Kier molecular flexibility index (Phi) is 4.58. The van der Waals surface area contributed by atoms with Crippen LogP contribution in [-0.4, -0.2) is 16.6 Å². The number of alkyl halides is 3. The van der Waals surface area contributed by atoms with Gasteiger partial charge >= 0.3 is 6.18 Å². The number of benzene rings is 3. The molecule has 5 rings (SSSR count). The molecule has 0 N–H and O–H groups in total. The van der Waals surface area contributed by atoms with Gasteiger partial charge < -0.3 is 9.80 Å². The summed E-state index contributed by atoms with van der Waals surface area (Å²) >= 11 is 0. The van der Waals surface area contributed by atoms with Crippen molar-refractivity contribution in [3.05, 3.63) is 96.8 Å². The van der Waals surface area contributed by atoms with E-state index in [1.54, 1.807) is 36.7 Å². The van der Waals surface area contributed by atoms with E-state index in [0.29, 0.717) is 23.9 Å². The molecule has 2 heterocycles. The van der Waals surface area contributed by atoms with Gasteiger partial charge in [0.05, 0.1) is 5.56 Å². The molecule has 0 saturated heterocycles. The van der Waals surface area contributed by atoms with Crippen LogP contribution in [0.2, 0.25) is 0 Å². The van der Waals surface area contributed by atoms with Crippen molar-refractivity contribution in [3.63, 3.8) is 0 Å². The van der Waals surface area contributed by atoms with Gasteiger partial charge in [0.2, 0.25) is 0 Å². The van der Waals surface area contributed by atoms with Gasteiger partial charge in [0.1, 0.15) is 6.67 Å². The van der Waals surface area contributed by atoms with E-state index in [0.717, 1.165) is 17.4 Å². The van der Waals surface area contributed by atoms with Crippen molar-refractivity contribution in [1.82, 2.24) is 9.97 Å². The molecule has 0 spiro atoms. The SMILES string of the molecule is FC(F)(F)c1ccccc1-c1cccc(N2CN(c3ccccc3)c3nccnc32)c1. The highest BCUT2D eigenvalue weighted by atomic mass is 19.4. The van der Waals surface area contributed by atoms with Gasteiger partial charge in [-0.1, -0.05) is 48.5 Å². The summed E-state index contributed by atoms with van der Waals surface area (Å²) in [6.45, 7) is 0.452. The molecular weight excluding hydrogens is 401 g/mol. The van der Waals surface area contributed by atoms with Crippen molar-refractivity contribution >= 4 is 23.0 Å². The Balaban J connectivity index is 1.57. The average Bonchev–Trinajstić information content (AvgIpc) is 3.19. The number of nitrogens with zero attached hydrogens (tertiary/aromatic N) is 4. The monoisotopic (exact) mass is 418 g/mol. The minimum absolute atomic E-state index is 0.148. The highest BCUT2D eigenvalue weighted by molar-refractivity contribution is 5.83. The Bertz CT molecular complexity index is 1220. The highest BCUT2D eigenvalue weighted by Gasteiger charge is 2.34. The Hall–Kier alpha value is -3.87. The standard InChI is InChI=1S/C24H17F3N4/c25-24(26,27)21-12-5-4-11-20(21)17-7-6-10-19(15-17)31-16-30(18-8-2-1-3-9-18)22-23(31)29-14-13-28-22/h1-15H,16H2. The van der Waals surface area contributed by atoms with Gasteiger partial charge in [-0.25, -0.2) is 9.97 Å². The van der Waals surface area contributed by atoms with Crippen molar-refractivity contribution in [2.75, 3.05) is 16.5 Å². The third-order valence-corrected chi connectivity index (χ3v) is 5.22. The van der Waals surface area contributed by atoms with Crippen LogP contribution in [0.3, 0.4) is 0 Å². The lowest BCUT2D eigenvalue weighted by atomic mass is 9.99. The molecule has 7 heteroatoms. The Morgan fingerprint density at radius 1 is 0.677 bits per heavy atom. The second-order valence-corrected chi connectivity index (χ2v) is 7.13. The van der Waals surface area contributed by atoms with Crippen LogP contribution in [0, 0.1) is 0 Å². The molecule has 0 unspecified atom stereocenters. The normalized spacial score (nSPS) is 13.4. The maximum atomic E-state index is 13.5. The lowest BCUT2D eigenvalue weighted by Crippen LogP contribution is -2.24. The zero-order valence-electron chi connectivity index (χ0n) is 16.3. The third-order valence-electron chi connectivity index (χ3n) is 5.22. The zero-order valence-corrected chi connectivity index (χ0v) is 16.3. The number of hydrogen-bond acceptors (Lipinski definition) is 4. The molecule has 0 bridgehead atoms. The smallest absolute Gasteiger partial charge is 0.305 e. The zero-order chi connectivity index (χ0) is 21.4. The maximum absolute atomic E-state index is 13.5. The van der Waals surface area contributed by atoms with Crippen LogP contribution in [0.15, 0.2) is 91.3 Å². The second kappa shape index (κ2) is 7.43. The minimum atomic E-state index is -4.43. The van der Waals surface area contributed by atoms with Gasteiger partial charge in [0.15, 0.2) is 11.6 Å². The summed E-state index contributed by atoms with van der Waals surface area (Å²) in [6, 6.07) is 22.5. The Morgan fingerprint density at radius 3 is 2.00 bits per heavy atom.